The number of benzene rings is 5. The van der Waals surface area contributed by atoms with Gasteiger partial charge < -0.3 is 0 Å². The van der Waals surface area contributed by atoms with Crippen molar-refractivity contribution in [3.63, 3.8) is 0 Å². The largest absolute Gasteiger partial charge is 0.254 e. The molecule has 5 aromatic carbocycles. The molecule has 2 heterocycles. The van der Waals surface area contributed by atoms with E-state index in [2.05, 4.69) is 0 Å². The second kappa shape index (κ2) is 11.2. The van der Waals surface area contributed by atoms with E-state index in [1.54, 1.807) is 0 Å². The van der Waals surface area contributed by atoms with E-state index in [9.17, 15) is 35.1 Å². The maximum absolute atomic E-state index is 16.1. The molecule has 52 heavy (non-hydrogen) atoms. The molecule has 0 spiro atoms. The van der Waals surface area contributed by atoms with Gasteiger partial charge in [0.2, 0.25) is 0 Å². The van der Waals surface area contributed by atoms with Gasteiger partial charge >= 0.3 is 0 Å². The molecular weight excluding hydrogens is 762 g/mol. The Labute approximate surface area is 273 Å². The lowest BCUT2D eigenvalue weighted by atomic mass is 9.29. The normalized spacial score (nSPS) is 12.9. The third-order valence-electron chi connectivity index (χ3n) is 8.79. The lowest BCUT2D eigenvalue weighted by molar-refractivity contribution is 0.409. The van der Waals surface area contributed by atoms with Gasteiger partial charge in [0.05, 0.1) is 0 Å². The van der Waals surface area contributed by atoms with Gasteiger partial charge in [0, 0.05) is 22.3 Å². The average Bonchev–Trinajstić information content (AvgIpc) is 3.66. The van der Waals surface area contributed by atoms with E-state index in [1.807, 2.05) is 0 Å². The van der Waals surface area contributed by atoms with E-state index in [1.165, 1.54) is 0 Å². The molecule has 0 fully saturated rings. The smallest absolute Gasteiger partial charge is 0.204 e. The maximum atomic E-state index is 16.1. The summed E-state index contributed by atoms with van der Waals surface area (Å²) in [5.41, 5.74) is -22.5. The lowest BCUT2D eigenvalue weighted by Crippen LogP contribution is -2.67. The number of hydrogen-bond acceptors (Lipinski definition) is 0. The van der Waals surface area contributed by atoms with Crippen molar-refractivity contribution in [3.8, 4) is 22.3 Å². The molecule has 0 aliphatic carbocycles. The summed E-state index contributed by atoms with van der Waals surface area (Å²) in [5, 5.41) is 0. The summed E-state index contributed by atoms with van der Waals surface area (Å²) in [6.07, 6.45) is 0. The Balaban J connectivity index is 1.77. The highest BCUT2D eigenvalue weighted by atomic mass is 19.2. The molecule has 2 aliphatic heterocycles. The molecule has 0 saturated carbocycles. The third-order valence-corrected chi connectivity index (χ3v) is 8.79. The first-order valence-electron chi connectivity index (χ1n) is 13.5. The van der Waals surface area contributed by atoms with Crippen LogP contribution in [0.25, 0.3) is 22.3 Å². The van der Waals surface area contributed by atoms with Crippen LogP contribution >= 0.6 is 0 Å². The molecule has 0 bridgehead atoms. The molecule has 0 radical (unpaired) electrons. The highest BCUT2D eigenvalue weighted by molar-refractivity contribution is 7.07. The summed E-state index contributed by atoms with van der Waals surface area (Å²) in [6.45, 7) is -7.33. The van der Waals surface area contributed by atoms with Gasteiger partial charge in [-0.15, -0.1) is 0 Å². The van der Waals surface area contributed by atoms with E-state index in [4.69, 9.17) is 0 Å². The van der Waals surface area contributed by atoms with Crippen LogP contribution in [-0.4, -0.2) is 13.4 Å². The highest BCUT2D eigenvalue weighted by Gasteiger charge is 2.54. The van der Waals surface area contributed by atoms with E-state index < -0.39 is 185 Å². The molecule has 22 heteroatoms. The fourth-order valence-electron chi connectivity index (χ4n) is 6.75. The van der Waals surface area contributed by atoms with E-state index in [0.717, 1.165) is 0 Å². The lowest BCUT2D eigenvalue weighted by Gasteiger charge is -2.23. The predicted octanol–water partition coefficient (Wildman–Crippen LogP) is 5.46. The average molecular weight is 762 g/mol. The van der Waals surface area contributed by atoms with Crippen LogP contribution in [0.4, 0.5) is 87.8 Å². The molecular formula is C30B2F20. The topological polar surface area (TPSA) is 0 Å². The molecule has 2 aliphatic rings. The fraction of sp³-hybridized carbons (Fsp3) is 0. The van der Waals surface area contributed by atoms with Crippen molar-refractivity contribution in [2.75, 3.05) is 0 Å². The fourth-order valence-corrected chi connectivity index (χ4v) is 6.75. The van der Waals surface area contributed by atoms with Gasteiger partial charge in [0.1, 0.15) is 0 Å². The Morgan fingerprint density at radius 1 is 0.154 bits per heavy atom. The zero-order valence-electron chi connectivity index (χ0n) is 23.7. The Morgan fingerprint density at radius 2 is 0.288 bits per heavy atom. The minimum Gasteiger partial charge on any atom is -0.204 e. The van der Waals surface area contributed by atoms with Crippen LogP contribution in [0.1, 0.15) is 0 Å². The van der Waals surface area contributed by atoms with Gasteiger partial charge in [-0.2, -0.15) is 0 Å². The molecule has 266 valence electrons. The van der Waals surface area contributed by atoms with Crippen LogP contribution in [-0.2, 0) is 0 Å². The summed E-state index contributed by atoms with van der Waals surface area (Å²) in [7, 11) is 0. The Kier molecular flexibility index (Phi) is 7.57. The molecule has 7 rings (SSSR count). The highest BCUT2D eigenvalue weighted by Crippen LogP contribution is 2.38. The molecule has 0 atom stereocenters. The zero-order chi connectivity index (χ0) is 38.5. The van der Waals surface area contributed by atoms with E-state index in [0.29, 0.717) is 0 Å². The molecule has 0 nitrogen and oxygen atoms in total. The minimum absolute atomic E-state index is 2.16. The first-order chi connectivity index (χ1) is 24.2. The maximum Gasteiger partial charge on any atom is 0.254 e. The molecule has 5 aromatic rings. The number of rotatable bonds is 2. The second-order valence-electron chi connectivity index (χ2n) is 11.1. The summed E-state index contributed by atoms with van der Waals surface area (Å²) in [6, 6.07) is 0. The monoisotopic (exact) mass is 762 g/mol. The molecule has 0 aromatic heterocycles. The Morgan fingerprint density at radius 3 is 0.462 bits per heavy atom. The summed E-state index contributed by atoms with van der Waals surface area (Å²) < 4.78 is 301. The van der Waals surface area contributed by atoms with Crippen LogP contribution in [0.5, 0.6) is 0 Å². The van der Waals surface area contributed by atoms with Crippen LogP contribution < -0.4 is 32.8 Å². The van der Waals surface area contributed by atoms with Crippen LogP contribution in [0, 0.1) is 116 Å². The van der Waals surface area contributed by atoms with Crippen molar-refractivity contribution < 1.29 is 87.8 Å². The first-order valence-corrected chi connectivity index (χ1v) is 13.5. The standard InChI is InChI=1S/C30B2F20/c33-11-1-2-6(16(38)26(48)22(44)12(2)34)31(5(1)15(37)25(47)21(11)43)9-10(20(42)30(52)29(51)19(9)41)32-7-3(13(35)23(45)27(49)17(7)39)4-8(32)18(40)28(50)24(46)14(4)36. The quantitative estimate of drug-likeness (QED) is 0.0952. The van der Waals surface area contributed by atoms with Gasteiger partial charge in [0.15, 0.2) is 116 Å². The van der Waals surface area contributed by atoms with Crippen LogP contribution in [0.2, 0.25) is 0 Å². The van der Waals surface area contributed by atoms with E-state index in [-0.39, 0.29) is 0 Å². The Hall–Kier alpha value is -5.17. The van der Waals surface area contributed by atoms with Gasteiger partial charge in [-0.1, -0.05) is 0 Å². The predicted molar refractivity (Wildman–Crippen MR) is 139 cm³/mol. The third kappa shape index (κ3) is 3.99. The van der Waals surface area contributed by atoms with E-state index >= 15 is 52.7 Å². The van der Waals surface area contributed by atoms with Crippen molar-refractivity contribution in [2.24, 2.45) is 0 Å². The van der Waals surface area contributed by atoms with Crippen molar-refractivity contribution in [2.45, 2.75) is 0 Å². The first kappa shape index (κ1) is 35.2. The van der Waals surface area contributed by atoms with Crippen molar-refractivity contribution in [1.29, 1.82) is 0 Å². The Bertz CT molecular complexity index is 2240. The number of hydrogen-bond donors (Lipinski definition) is 0. The zero-order valence-corrected chi connectivity index (χ0v) is 23.7. The molecule has 0 saturated heterocycles. The van der Waals surface area contributed by atoms with Crippen molar-refractivity contribution in [3.05, 3.63) is 116 Å². The SMILES string of the molecule is Fc1c(F)c(F)c(B2c3c(F)c(F)c(F)c(F)c3-c3c(F)c(F)c(F)c(F)c32)c(B2c3c(F)c(F)c(F)c(F)c3-c3c(F)c(F)c(F)c(F)c32)c1F. The number of halogens is 20. The van der Waals surface area contributed by atoms with Gasteiger partial charge in [0.25, 0.3) is 13.4 Å². The summed E-state index contributed by atoms with van der Waals surface area (Å²) in [4.78, 5) is 0. The van der Waals surface area contributed by atoms with Crippen molar-refractivity contribution in [1.82, 2.24) is 0 Å². The molecule has 0 amide bonds. The van der Waals surface area contributed by atoms with Crippen LogP contribution in [0.3, 0.4) is 0 Å². The van der Waals surface area contributed by atoms with Gasteiger partial charge in [-0.3, -0.25) is 0 Å². The molecule has 0 unspecified atom stereocenters. The number of fused-ring (bicyclic) bond motifs is 6. The molecule has 0 N–H and O–H groups in total. The summed E-state index contributed by atoms with van der Waals surface area (Å²) in [5.74, 6) is -58.7. The summed E-state index contributed by atoms with van der Waals surface area (Å²) >= 11 is 0. The second-order valence-corrected chi connectivity index (χ2v) is 11.1. The van der Waals surface area contributed by atoms with Gasteiger partial charge in [-0.25, -0.2) is 87.8 Å². The van der Waals surface area contributed by atoms with Crippen molar-refractivity contribution >= 4 is 46.2 Å². The van der Waals surface area contributed by atoms with Gasteiger partial charge in [-0.05, 0) is 32.8 Å². The van der Waals surface area contributed by atoms with Crippen LogP contribution in [0.15, 0.2) is 0 Å². The minimum atomic E-state index is -3.66.